The maximum Gasteiger partial charge on any atom is 0.310 e. The number of esters is 1. The summed E-state index contributed by atoms with van der Waals surface area (Å²) in [7, 11) is 1.38. The van der Waals surface area contributed by atoms with Crippen molar-refractivity contribution in [3.05, 3.63) is 29.1 Å². The fourth-order valence-electron chi connectivity index (χ4n) is 1.37. The van der Waals surface area contributed by atoms with Gasteiger partial charge in [-0.3, -0.25) is 4.79 Å². The number of halogens is 1. The molecule has 0 unspecified atom stereocenters. The smallest absolute Gasteiger partial charge is 0.310 e. The van der Waals surface area contributed by atoms with Crippen LogP contribution >= 0.6 is 0 Å². The number of methoxy groups -OCH3 is 1. The van der Waals surface area contributed by atoms with Crippen molar-refractivity contribution in [2.45, 2.75) is 13.3 Å². The quantitative estimate of drug-likeness (QED) is 0.749. The van der Waals surface area contributed by atoms with Crippen LogP contribution in [0.15, 0.2) is 12.1 Å². The van der Waals surface area contributed by atoms with E-state index in [9.17, 15) is 9.18 Å². The number of ether oxygens (including phenoxy) is 2. The van der Waals surface area contributed by atoms with Gasteiger partial charge in [0.15, 0.2) is 0 Å². The average molecular weight is 237 g/mol. The lowest BCUT2D eigenvalue weighted by Crippen LogP contribution is -2.10. The molecule has 1 aromatic carbocycles. The lowest BCUT2D eigenvalue weighted by molar-refractivity contribution is -0.142. The van der Waals surface area contributed by atoms with E-state index >= 15 is 0 Å². The number of nitrogens with zero attached hydrogens (tertiary/aromatic N) is 1. The summed E-state index contributed by atoms with van der Waals surface area (Å²) < 4.78 is 23.2. The molecule has 0 aliphatic heterocycles. The van der Waals surface area contributed by atoms with E-state index in [4.69, 9.17) is 14.7 Å². The first kappa shape index (κ1) is 13.0. The van der Waals surface area contributed by atoms with Crippen molar-refractivity contribution >= 4 is 5.97 Å². The van der Waals surface area contributed by atoms with E-state index in [2.05, 4.69) is 0 Å². The van der Waals surface area contributed by atoms with E-state index in [-0.39, 0.29) is 29.9 Å². The highest BCUT2D eigenvalue weighted by Crippen LogP contribution is 2.21. The molecule has 5 heteroatoms. The maximum absolute atomic E-state index is 13.6. The van der Waals surface area contributed by atoms with Crippen LogP contribution in [0.3, 0.4) is 0 Å². The van der Waals surface area contributed by atoms with Crippen LogP contribution in [-0.4, -0.2) is 19.7 Å². The number of nitriles is 1. The Labute approximate surface area is 98.6 Å². The molecular weight excluding hydrogens is 225 g/mol. The summed E-state index contributed by atoms with van der Waals surface area (Å²) in [6.07, 6.45) is -0.257. The molecule has 0 saturated carbocycles. The Bertz CT molecular complexity index is 466. The topological polar surface area (TPSA) is 59.3 Å². The van der Waals surface area contributed by atoms with Gasteiger partial charge in [-0.1, -0.05) is 0 Å². The number of benzene rings is 1. The number of hydrogen-bond donors (Lipinski definition) is 0. The first-order chi connectivity index (χ1) is 8.12. The highest BCUT2D eigenvalue weighted by atomic mass is 19.1. The molecular formula is C12H12FNO3. The molecule has 90 valence electrons. The first-order valence-corrected chi connectivity index (χ1v) is 5.04. The van der Waals surface area contributed by atoms with Gasteiger partial charge in [-0.2, -0.15) is 5.26 Å². The summed E-state index contributed by atoms with van der Waals surface area (Å²) in [6, 6.07) is 4.35. The van der Waals surface area contributed by atoms with Crippen molar-refractivity contribution in [3.8, 4) is 11.8 Å². The van der Waals surface area contributed by atoms with Crippen molar-refractivity contribution in [1.82, 2.24) is 0 Å². The summed E-state index contributed by atoms with van der Waals surface area (Å²) in [6.45, 7) is 1.88. The standard InChI is InChI=1S/C12H12FNO3/c1-3-17-12(15)6-10-8(7-14)4-9(16-2)5-11(10)13/h4-5H,3,6H2,1-2H3. The van der Waals surface area contributed by atoms with E-state index < -0.39 is 11.8 Å². The third kappa shape index (κ3) is 3.18. The average Bonchev–Trinajstić information content (AvgIpc) is 2.31. The monoisotopic (exact) mass is 237 g/mol. The van der Waals surface area contributed by atoms with Crippen molar-refractivity contribution in [2.75, 3.05) is 13.7 Å². The molecule has 0 heterocycles. The molecule has 0 atom stereocenters. The highest BCUT2D eigenvalue weighted by molar-refractivity contribution is 5.73. The molecule has 0 bridgehead atoms. The lowest BCUT2D eigenvalue weighted by atomic mass is 10.0. The summed E-state index contributed by atoms with van der Waals surface area (Å²) in [5.41, 5.74) is 0.113. The van der Waals surface area contributed by atoms with Gasteiger partial charge >= 0.3 is 5.97 Å². The number of carbonyl (C=O) groups excluding carboxylic acids is 1. The van der Waals surface area contributed by atoms with Gasteiger partial charge in [-0.25, -0.2) is 4.39 Å². The number of hydrogen-bond acceptors (Lipinski definition) is 4. The maximum atomic E-state index is 13.6. The predicted octanol–water partition coefficient (Wildman–Crippen LogP) is 1.81. The Kier molecular flexibility index (Phi) is 4.46. The fraction of sp³-hybridized carbons (Fsp3) is 0.333. The van der Waals surface area contributed by atoms with Crippen LogP contribution in [0, 0.1) is 17.1 Å². The van der Waals surface area contributed by atoms with Gasteiger partial charge in [-0.15, -0.1) is 0 Å². The van der Waals surface area contributed by atoms with Crippen molar-refractivity contribution in [3.63, 3.8) is 0 Å². The van der Waals surface area contributed by atoms with Crippen LogP contribution in [-0.2, 0) is 16.0 Å². The molecule has 0 spiro atoms. The van der Waals surface area contributed by atoms with E-state index in [0.29, 0.717) is 0 Å². The van der Waals surface area contributed by atoms with Gasteiger partial charge in [0.25, 0.3) is 0 Å². The Balaban J connectivity index is 3.07. The number of rotatable bonds is 4. The lowest BCUT2D eigenvalue weighted by Gasteiger charge is -2.07. The van der Waals surface area contributed by atoms with E-state index in [0.717, 1.165) is 6.07 Å². The van der Waals surface area contributed by atoms with Gasteiger partial charge in [0.2, 0.25) is 0 Å². The van der Waals surface area contributed by atoms with Gasteiger partial charge in [0, 0.05) is 11.6 Å². The molecule has 0 amide bonds. The molecule has 0 aliphatic rings. The summed E-state index contributed by atoms with van der Waals surface area (Å²) in [5, 5.41) is 8.88. The second-order valence-electron chi connectivity index (χ2n) is 3.23. The van der Waals surface area contributed by atoms with Gasteiger partial charge in [0.1, 0.15) is 11.6 Å². The van der Waals surface area contributed by atoms with Gasteiger partial charge < -0.3 is 9.47 Å². The first-order valence-electron chi connectivity index (χ1n) is 5.04. The highest BCUT2D eigenvalue weighted by Gasteiger charge is 2.15. The largest absolute Gasteiger partial charge is 0.497 e. The minimum atomic E-state index is -0.644. The van der Waals surface area contributed by atoms with Crippen LogP contribution in [0.25, 0.3) is 0 Å². The molecule has 4 nitrogen and oxygen atoms in total. The molecule has 17 heavy (non-hydrogen) atoms. The van der Waals surface area contributed by atoms with Crippen molar-refractivity contribution in [1.29, 1.82) is 5.26 Å². The molecule has 1 aromatic rings. The zero-order valence-corrected chi connectivity index (χ0v) is 9.62. The Morgan fingerprint density at radius 1 is 1.53 bits per heavy atom. The van der Waals surface area contributed by atoms with Crippen molar-refractivity contribution < 1.29 is 18.7 Å². The summed E-state index contributed by atoms with van der Waals surface area (Å²) in [4.78, 5) is 11.3. The van der Waals surface area contributed by atoms with Gasteiger partial charge in [-0.05, 0) is 13.0 Å². The molecule has 1 rings (SSSR count). The zero-order valence-electron chi connectivity index (χ0n) is 9.62. The van der Waals surface area contributed by atoms with E-state index in [1.807, 2.05) is 6.07 Å². The van der Waals surface area contributed by atoms with E-state index in [1.165, 1.54) is 13.2 Å². The van der Waals surface area contributed by atoms with Crippen molar-refractivity contribution in [2.24, 2.45) is 0 Å². The van der Waals surface area contributed by atoms with Crippen LogP contribution in [0.4, 0.5) is 4.39 Å². The zero-order chi connectivity index (χ0) is 12.8. The Morgan fingerprint density at radius 3 is 2.76 bits per heavy atom. The second kappa shape index (κ2) is 5.85. The molecule has 0 fully saturated rings. The Morgan fingerprint density at radius 2 is 2.24 bits per heavy atom. The van der Waals surface area contributed by atoms with E-state index in [1.54, 1.807) is 6.92 Å². The van der Waals surface area contributed by atoms with Crippen LogP contribution in [0.5, 0.6) is 5.75 Å². The third-order valence-electron chi connectivity index (χ3n) is 2.15. The molecule has 0 saturated heterocycles. The normalized spacial score (nSPS) is 9.53. The second-order valence-corrected chi connectivity index (χ2v) is 3.23. The van der Waals surface area contributed by atoms with Crippen LogP contribution in [0.1, 0.15) is 18.1 Å². The molecule has 0 aromatic heterocycles. The molecule has 0 N–H and O–H groups in total. The Hall–Kier alpha value is -2.09. The SMILES string of the molecule is CCOC(=O)Cc1c(F)cc(OC)cc1C#N. The van der Waals surface area contributed by atoms with Gasteiger partial charge in [0.05, 0.1) is 31.8 Å². The number of carbonyl (C=O) groups is 1. The fourth-order valence-corrected chi connectivity index (χ4v) is 1.37. The predicted molar refractivity (Wildman–Crippen MR) is 58.0 cm³/mol. The third-order valence-corrected chi connectivity index (χ3v) is 2.15. The summed E-state index contributed by atoms with van der Waals surface area (Å²) in [5.74, 6) is -0.964. The summed E-state index contributed by atoms with van der Waals surface area (Å²) >= 11 is 0. The minimum absolute atomic E-state index is 0.0340. The molecule has 0 radical (unpaired) electrons. The van der Waals surface area contributed by atoms with Crippen LogP contribution < -0.4 is 4.74 Å². The van der Waals surface area contributed by atoms with Crippen LogP contribution in [0.2, 0.25) is 0 Å². The minimum Gasteiger partial charge on any atom is -0.497 e. The molecule has 0 aliphatic carbocycles.